The molecule has 108 valence electrons. The fourth-order valence-corrected chi connectivity index (χ4v) is 2.20. The largest absolute Gasteiger partial charge is 0.476 e. The van der Waals surface area contributed by atoms with Gasteiger partial charge in [-0.2, -0.15) is 0 Å². The lowest BCUT2D eigenvalue weighted by molar-refractivity contribution is -0.116. The van der Waals surface area contributed by atoms with Crippen molar-refractivity contribution in [2.75, 3.05) is 5.73 Å². The Morgan fingerprint density at radius 3 is 2.67 bits per heavy atom. The van der Waals surface area contributed by atoms with Crippen molar-refractivity contribution in [3.8, 4) is 0 Å². The van der Waals surface area contributed by atoms with Crippen molar-refractivity contribution in [3.05, 3.63) is 52.0 Å². The Bertz CT molecular complexity index is 677. The van der Waals surface area contributed by atoms with Gasteiger partial charge < -0.3 is 16.2 Å². The quantitative estimate of drug-likeness (QED) is 0.576. The van der Waals surface area contributed by atoms with E-state index in [1.54, 1.807) is 30.3 Å². The van der Waals surface area contributed by atoms with Crippen molar-refractivity contribution in [1.29, 1.82) is 0 Å². The normalized spacial score (nSPS) is 10.7. The van der Waals surface area contributed by atoms with Crippen LogP contribution in [0.2, 0.25) is 0 Å². The summed E-state index contributed by atoms with van der Waals surface area (Å²) in [4.78, 5) is 26.2. The summed E-state index contributed by atoms with van der Waals surface area (Å²) in [5, 5.41) is 13.4. The average molecular weight is 303 g/mol. The minimum Gasteiger partial charge on any atom is -0.476 e. The number of carbonyl (C=O) groups is 2. The number of nitrogens with one attached hydrogen (secondary N) is 1. The van der Waals surface area contributed by atoms with Crippen LogP contribution in [0.25, 0.3) is 6.08 Å². The Labute approximate surface area is 124 Å². The molecule has 2 rings (SSSR count). The number of carboxylic acid groups (broad SMARTS) is 1. The second-order valence-corrected chi connectivity index (χ2v) is 5.09. The van der Waals surface area contributed by atoms with Gasteiger partial charge >= 0.3 is 5.97 Å². The molecule has 0 radical (unpaired) electrons. The summed E-state index contributed by atoms with van der Waals surface area (Å²) in [7, 11) is 0. The van der Waals surface area contributed by atoms with Crippen LogP contribution in [0.4, 0.5) is 5.69 Å². The zero-order chi connectivity index (χ0) is 15.2. The number of benzene rings is 1. The standard InChI is InChI=1S/C14H13N3O3S/c15-10-4-1-9(2-5-10)3-6-12(18)16-7-13-17-11(8-21-13)14(19)20/h1-6,8H,7,15H2,(H,16,18)(H,19,20)/b6-3+. The Morgan fingerprint density at radius 2 is 2.05 bits per heavy atom. The minimum atomic E-state index is -1.08. The molecule has 1 aromatic heterocycles. The van der Waals surface area contributed by atoms with Crippen molar-refractivity contribution in [3.63, 3.8) is 0 Å². The van der Waals surface area contributed by atoms with Gasteiger partial charge in [-0.25, -0.2) is 9.78 Å². The molecule has 21 heavy (non-hydrogen) atoms. The van der Waals surface area contributed by atoms with Crippen molar-refractivity contribution in [1.82, 2.24) is 10.3 Å². The van der Waals surface area contributed by atoms with Gasteiger partial charge in [-0.3, -0.25) is 4.79 Å². The topological polar surface area (TPSA) is 105 Å². The maximum Gasteiger partial charge on any atom is 0.355 e. The van der Waals surface area contributed by atoms with Crippen LogP contribution < -0.4 is 11.1 Å². The van der Waals surface area contributed by atoms with Crippen LogP contribution in [-0.2, 0) is 11.3 Å². The predicted octanol–water partition coefficient (Wildman–Crippen LogP) is 1.75. The van der Waals surface area contributed by atoms with Gasteiger partial charge in [0.1, 0.15) is 5.01 Å². The van der Waals surface area contributed by atoms with Gasteiger partial charge in [0, 0.05) is 17.1 Å². The molecule has 0 aliphatic carbocycles. The lowest BCUT2D eigenvalue weighted by atomic mass is 10.2. The molecule has 1 aromatic carbocycles. The van der Waals surface area contributed by atoms with E-state index < -0.39 is 5.97 Å². The van der Waals surface area contributed by atoms with Gasteiger partial charge in [-0.15, -0.1) is 11.3 Å². The third kappa shape index (κ3) is 4.43. The van der Waals surface area contributed by atoms with Gasteiger partial charge in [-0.1, -0.05) is 12.1 Å². The third-order valence-electron chi connectivity index (χ3n) is 2.55. The molecular weight excluding hydrogens is 290 g/mol. The van der Waals surface area contributed by atoms with E-state index in [4.69, 9.17) is 10.8 Å². The summed E-state index contributed by atoms with van der Waals surface area (Å²) < 4.78 is 0. The molecule has 0 saturated heterocycles. The molecule has 0 bridgehead atoms. The molecule has 4 N–H and O–H groups in total. The zero-order valence-electron chi connectivity index (χ0n) is 10.9. The van der Waals surface area contributed by atoms with Crippen molar-refractivity contribution in [2.45, 2.75) is 6.54 Å². The second kappa shape index (κ2) is 6.67. The van der Waals surface area contributed by atoms with Crippen molar-refractivity contribution >= 4 is 35.0 Å². The SMILES string of the molecule is Nc1ccc(/C=C/C(=O)NCc2nc(C(=O)O)cs2)cc1. The van der Waals surface area contributed by atoms with Gasteiger partial charge in [0.2, 0.25) is 5.91 Å². The number of nitrogen functional groups attached to an aromatic ring is 1. The van der Waals surface area contributed by atoms with Crippen LogP contribution in [0.5, 0.6) is 0 Å². The highest BCUT2D eigenvalue weighted by atomic mass is 32.1. The van der Waals surface area contributed by atoms with Gasteiger partial charge in [0.05, 0.1) is 6.54 Å². The van der Waals surface area contributed by atoms with Crippen LogP contribution in [-0.4, -0.2) is 22.0 Å². The molecule has 0 saturated carbocycles. The lowest BCUT2D eigenvalue weighted by Crippen LogP contribution is -2.20. The van der Waals surface area contributed by atoms with E-state index in [-0.39, 0.29) is 18.1 Å². The number of nitrogens with zero attached hydrogens (tertiary/aromatic N) is 1. The summed E-state index contributed by atoms with van der Waals surface area (Å²) in [5.41, 5.74) is 7.08. The molecular formula is C14H13N3O3S. The average Bonchev–Trinajstić information content (AvgIpc) is 2.93. The molecule has 6 nitrogen and oxygen atoms in total. The van der Waals surface area contributed by atoms with E-state index in [0.717, 1.165) is 5.56 Å². The molecule has 0 spiro atoms. The molecule has 1 amide bonds. The van der Waals surface area contributed by atoms with Crippen LogP contribution in [0, 0.1) is 0 Å². The number of nitrogens with two attached hydrogens (primary N) is 1. The van der Waals surface area contributed by atoms with Crippen LogP contribution in [0.3, 0.4) is 0 Å². The van der Waals surface area contributed by atoms with Crippen LogP contribution in [0.15, 0.2) is 35.7 Å². The monoisotopic (exact) mass is 303 g/mol. The molecule has 0 aliphatic rings. The first-order chi connectivity index (χ1) is 10.0. The molecule has 7 heteroatoms. The molecule has 0 unspecified atom stereocenters. The molecule has 0 aliphatic heterocycles. The first kappa shape index (κ1) is 14.7. The van der Waals surface area contributed by atoms with Gasteiger partial charge in [-0.05, 0) is 23.8 Å². The second-order valence-electron chi connectivity index (χ2n) is 4.15. The maximum atomic E-state index is 11.6. The number of aromatic carboxylic acids is 1. The number of rotatable bonds is 5. The Balaban J connectivity index is 1.86. The number of amides is 1. The zero-order valence-corrected chi connectivity index (χ0v) is 11.8. The highest BCUT2D eigenvalue weighted by Gasteiger charge is 2.08. The number of aromatic nitrogens is 1. The number of hydrogen-bond acceptors (Lipinski definition) is 5. The minimum absolute atomic E-state index is 0.0123. The Hall–Kier alpha value is -2.67. The number of carboxylic acids is 1. The smallest absolute Gasteiger partial charge is 0.355 e. The lowest BCUT2D eigenvalue weighted by Gasteiger charge is -1.98. The third-order valence-corrected chi connectivity index (χ3v) is 3.40. The van der Waals surface area contributed by atoms with Gasteiger partial charge in [0.15, 0.2) is 5.69 Å². The number of hydrogen-bond donors (Lipinski definition) is 3. The summed E-state index contributed by atoms with van der Waals surface area (Å²) in [6.45, 7) is 0.197. The van der Waals surface area contributed by atoms with Crippen LogP contribution >= 0.6 is 11.3 Å². The van der Waals surface area contributed by atoms with E-state index in [1.165, 1.54) is 22.8 Å². The fourth-order valence-electron chi connectivity index (χ4n) is 1.49. The highest BCUT2D eigenvalue weighted by molar-refractivity contribution is 7.09. The van der Waals surface area contributed by atoms with E-state index >= 15 is 0 Å². The fraction of sp³-hybridized carbons (Fsp3) is 0.0714. The first-order valence-electron chi connectivity index (χ1n) is 6.04. The number of thiazole rings is 1. The number of anilines is 1. The molecule has 2 aromatic rings. The molecule has 0 fully saturated rings. The van der Waals surface area contributed by atoms with Crippen molar-refractivity contribution < 1.29 is 14.7 Å². The van der Waals surface area contributed by atoms with Gasteiger partial charge in [0.25, 0.3) is 0 Å². The van der Waals surface area contributed by atoms with E-state index in [9.17, 15) is 9.59 Å². The molecule has 1 heterocycles. The van der Waals surface area contributed by atoms with E-state index in [2.05, 4.69) is 10.3 Å². The molecule has 0 atom stereocenters. The summed E-state index contributed by atoms with van der Waals surface area (Å²) in [5.74, 6) is -1.36. The predicted molar refractivity (Wildman–Crippen MR) is 80.8 cm³/mol. The first-order valence-corrected chi connectivity index (χ1v) is 6.92. The summed E-state index contributed by atoms with van der Waals surface area (Å²) in [6, 6.07) is 7.11. The Morgan fingerprint density at radius 1 is 1.33 bits per heavy atom. The van der Waals surface area contributed by atoms with Crippen LogP contribution in [0.1, 0.15) is 21.1 Å². The summed E-state index contributed by atoms with van der Waals surface area (Å²) >= 11 is 1.19. The summed E-state index contributed by atoms with van der Waals surface area (Å²) in [6.07, 6.45) is 3.07. The van der Waals surface area contributed by atoms with E-state index in [0.29, 0.717) is 10.7 Å². The van der Waals surface area contributed by atoms with Crippen molar-refractivity contribution in [2.24, 2.45) is 0 Å². The Kier molecular flexibility index (Phi) is 4.68. The number of carbonyl (C=O) groups excluding carboxylic acids is 1. The maximum absolute atomic E-state index is 11.6. The van der Waals surface area contributed by atoms with E-state index in [1.807, 2.05) is 0 Å². The highest BCUT2D eigenvalue weighted by Crippen LogP contribution is 2.09.